The predicted molar refractivity (Wildman–Crippen MR) is 103 cm³/mol. The highest BCUT2D eigenvalue weighted by Crippen LogP contribution is 2.35. The van der Waals surface area contributed by atoms with Crippen molar-refractivity contribution >= 4 is 23.4 Å². The zero-order valence-electron chi connectivity index (χ0n) is 15.7. The second-order valence-corrected chi connectivity index (χ2v) is 7.05. The van der Waals surface area contributed by atoms with Crippen LogP contribution in [0.3, 0.4) is 0 Å². The Kier molecular flexibility index (Phi) is 5.05. The number of carboxylic acid groups (broad SMARTS) is 1. The summed E-state index contributed by atoms with van der Waals surface area (Å²) in [5.41, 5.74) is 0.859. The van der Waals surface area contributed by atoms with Gasteiger partial charge in [-0.3, -0.25) is 0 Å². The van der Waals surface area contributed by atoms with Gasteiger partial charge in [0.15, 0.2) is 11.5 Å². The van der Waals surface area contributed by atoms with Gasteiger partial charge in [-0.2, -0.15) is 0 Å². The summed E-state index contributed by atoms with van der Waals surface area (Å²) in [6, 6.07) is 7.55. The topological polar surface area (TPSA) is 100 Å². The first-order valence-electron chi connectivity index (χ1n) is 9.26. The Bertz CT molecular complexity index is 854. The van der Waals surface area contributed by atoms with Crippen LogP contribution < -0.4 is 19.7 Å². The molecule has 148 valence electrons. The first kappa shape index (κ1) is 18.1. The van der Waals surface area contributed by atoms with Gasteiger partial charge in [-0.05, 0) is 30.9 Å². The summed E-state index contributed by atoms with van der Waals surface area (Å²) in [4.78, 5) is 23.3. The minimum absolute atomic E-state index is 0.243. The molecule has 2 aliphatic heterocycles. The van der Waals surface area contributed by atoms with Crippen LogP contribution in [-0.4, -0.2) is 59.5 Å². The molecule has 0 radical (unpaired) electrons. The summed E-state index contributed by atoms with van der Waals surface area (Å²) >= 11 is 0. The van der Waals surface area contributed by atoms with Gasteiger partial charge in [-0.15, -0.1) is 0 Å². The molecular weight excluding hydrogens is 362 g/mol. The smallest absolute Gasteiger partial charge is 0.407 e. The van der Waals surface area contributed by atoms with Crippen molar-refractivity contribution in [2.24, 2.45) is 5.92 Å². The second kappa shape index (κ2) is 7.79. The highest BCUT2D eigenvalue weighted by atomic mass is 16.7. The van der Waals surface area contributed by atoms with E-state index in [0.29, 0.717) is 30.6 Å². The number of nitrogens with one attached hydrogen (secondary N) is 1. The van der Waals surface area contributed by atoms with Crippen molar-refractivity contribution in [2.45, 2.75) is 12.8 Å². The third kappa shape index (κ3) is 4.03. The monoisotopic (exact) mass is 385 g/mol. The van der Waals surface area contributed by atoms with Crippen molar-refractivity contribution in [3.05, 3.63) is 30.6 Å². The molecule has 0 saturated carbocycles. The lowest BCUT2D eigenvalue weighted by molar-refractivity contribution is 0.125. The molecule has 2 aromatic rings. The fourth-order valence-corrected chi connectivity index (χ4v) is 3.53. The SMILES string of the molecule is CN(CC1CCN(C(=O)O)CC1)c1cc(Nc2ccc3c(c2)OCO3)ncn1. The van der Waals surface area contributed by atoms with E-state index >= 15 is 0 Å². The van der Waals surface area contributed by atoms with E-state index in [1.54, 1.807) is 0 Å². The lowest BCUT2D eigenvalue weighted by atomic mass is 9.96. The molecule has 2 N–H and O–H groups in total. The number of likely N-dealkylation sites (tertiary alicyclic amines) is 1. The van der Waals surface area contributed by atoms with E-state index in [4.69, 9.17) is 14.6 Å². The molecule has 0 bridgehead atoms. The number of carbonyl (C=O) groups is 1. The quantitative estimate of drug-likeness (QED) is 0.810. The third-order valence-corrected chi connectivity index (χ3v) is 5.11. The molecule has 0 aliphatic carbocycles. The normalized spacial score (nSPS) is 16.1. The number of anilines is 3. The summed E-state index contributed by atoms with van der Waals surface area (Å²) < 4.78 is 10.7. The number of piperidine rings is 1. The number of fused-ring (bicyclic) bond motifs is 1. The molecule has 3 heterocycles. The molecular formula is C19H23N5O4. The Morgan fingerprint density at radius 3 is 2.82 bits per heavy atom. The molecule has 1 fully saturated rings. The van der Waals surface area contributed by atoms with Crippen LogP contribution in [0, 0.1) is 5.92 Å². The maximum absolute atomic E-state index is 11.0. The fraction of sp³-hybridized carbons (Fsp3) is 0.421. The summed E-state index contributed by atoms with van der Waals surface area (Å²) in [5, 5.41) is 12.3. The molecule has 1 aromatic carbocycles. The van der Waals surface area contributed by atoms with Gasteiger partial charge in [0.25, 0.3) is 0 Å². The number of aromatic nitrogens is 2. The molecule has 0 spiro atoms. The molecule has 9 heteroatoms. The van der Waals surface area contributed by atoms with Crippen LogP contribution in [0.5, 0.6) is 11.5 Å². The van der Waals surface area contributed by atoms with Crippen LogP contribution in [0.1, 0.15) is 12.8 Å². The van der Waals surface area contributed by atoms with Crippen LogP contribution in [0.4, 0.5) is 22.1 Å². The van der Waals surface area contributed by atoms with E-state index in [1.165, 1.54) is 11.2 Å². The zero-order chi connectivity index (χ0) is 19.5. The van der Waals surface area contributed by atoms with Gasteiger partial charge in [0.1, 0.15) is 18.0 Å². The number of hydrogen-bond donors (Lipinski definition) is 2. The number of rotatable bonds is 5. The Morgan fingerprint density at radius 2 is 2.04 bits per heavy atom. The van der Waals surface area contributed by atoms with Gasteiger partial charge < -0.3 is 29.7 Å². The summed E-state index contributed by atoms with van der Waals surface area (Å²) in [5.74, 6) is 3.41. The fourth-order valence-electron chi connectivity index (χ4n) is 3.53. The number of amides is 1. The van der Waals surface area contributed by atoms with Crippen molar-refractivity contribution in [3.8, 4) is 11.5 Å². The minimum atomic E-state index is -0.832. The maximum Gasteiger partial charge on any atom is 0.407 e. The van der Waals surface area contributed by atoms with Crippen molar-refractivity contribution in [1.82, 2.24) is 14.9 Å². The van der Waals surface area contributed by atoms with Gasteiger partial charge in [-0.1, -0.05) is 0 Å². The molecule has 1 aromatic heterocycles. The van der Waals surface area contributed by atoms with Crippen molar-refractivity contribution in [3.63, 3.8) is 0 Å². The van der Waals surface area contributed by atoms with E-state index in [0.717, 1.165) is 36.6 Å². The standard InChI is InChI=1S/C19H23N5O4/c1-23(10-13-4-6-24(7-5-13)19(25)26)18-9-17(20-11-21-18)22-14-2-3-15-16(8-14)28-12-27-15/h2-3,8-9,11,13H,4-7,10,12H2,1H3,(H,25,26)(H,20,21,22). The van der Waals surface area contributed by atoms with Gasteiger partial charge in [0, 0.05) is 44.5 Å². The number of benzene rings is 1. The first-order chi connectivity index (χ1) is 13.6. The minimum Gasteiger partial charge on any atom is -0.465 e. The lowest BCUT2D eigenvalue weighted by Gasteiger charge is -2.32. The van der Waals surface area contributed by atoms with Crippen molar-refractivity contribution < 1.29 is 19.4 Å². The van der Waals surface area contributed by atoms with E-state index in [-0.39, 0.29) is 6.79 Å². The zero-order valence-corrected chi connectivity index (χ0v) is 15.7. The number of ether oxygens (including phenoxy) is 2. The highest BCUT2D eigenvalue weighted by molar-refractivity contribution is 5.65. The summed E-state index contributed by atoms with van der Waals surface area (Å²) in [7, 11) is 2.00. The Balaban J connectivity index is 1.37. The number of hydrogen-bond acceptors (Lipinski definition) is 7. The van der Waals surface area contributed by atoms with Crippen LogP contribution >= 0.6 is 0 Å². The van der Waals surface area contributed by atoms with Crippen LogP contribution in [0.25, 0.3) is 0 Å². The first-order valence-corrected chi connectivity index (χ1v) is 9.26. The molecule has 2 aliphatic rings. The second-order valence-electron chi connectivity index (χ2n) is 7.05. The molecule has 1 amide bonds. The van der Waals surface area contributed by atoms with Gasteiger partial charge in [0.05, 0.1) is 0 Å². The van der Waals surface area contributed by atoms with Crippen LogP contribution in [0.2, 0.25) is 0 Å². The van der Waals surface area contributed by atoms with Gasteiger partial charge in [-0.25, -0.2) is 14.8 Å². The van der Waals surface area contributed by atoms with Crippen molar-refractivity contribution in [2.75, 3.05) is 43.7 Å². The van der Waals surface area contributed by atoms with Gasteiger partial charge in [0.2, 0.25) is 6.79 Å². The Morgan fingerprint density at radius 1 is 1.25 bits per heavy atom. The Labute approximate surface area is 162 Å². The molecule has 1 saturated heterocycles. The van der Waals surface area contributed by atoms with Gasteiger partial charge >= 0.3 is 6.09 Å². The average Bonchev–Trinajstić information content (AvgIpc) is 3.16. The third-order valence-electron chi connectivity index (χ3n) is 5.11. The Hall–Kier alpha value is -3.23. The summed E-state index contributed by atoms with van der Waals surface area (Å²) in [6.07, 6.45) is 2.43. The van der Waals surface area contributed by atoms with E-state index in [9.17, 15) is 4.79 Å². The van der Waals surface area contributed by atoms with E-state index in [2.05, 4.69) is 20.2 Å². The molecule has 0 unspecified atom stereocenters. The average molecular weight is 385 g/mol. The molecule has 0 atom stereocenters. The summed E-state index contributed by atoms with van der Waals surface area (Å²) in [6.45, 7) is 2.25. The van der Waals surface area contributed by atoms with Crippen LogP contribution in [-0.2, 0) is 0 Å². The van der Waals surface area contributed by atoms with E-state index < -0.39 is 6.09 Å². The van der Waals surface area contributed by atoms with Crippen molar-refractivity contribution in [1.29, 1.82) is 0 Å². The lowest BCUT2D eigenvalue weighted by Crippen LogP contribution is -2.40. The molecule has 9 nitrogen and oxygen atoms in total. The molecule has 4 rings (SSSR count). The number of nitrogens with zero attached hydrogens (tertiary/aromatic N) is 4. The highest BCUT2D eigenvalue weighted by Gasteiger charge is 2.23. The maximum atomic E-state index is 11.0. The van der Waals surface area contributed by atoms with E-state index in [1.807, 2.05) is 31.3 Å². The predicted octanol–water partition coefficient (Wildman–Crippen LogP) is 2.78. The largest absolute Gasteiger partial charge is 0.465 e. The molecule has 28 heavy (non-hydrogen) atoms. The van der Waals surface area contributed by atoms with Crippen LogP contribution in [0.15, 0.2) is 30.6 Å².